The second-order valence-electron chi connectivity index (χ2n) is 3.24. The molecule has 0 aliphatic rings. The first kappa shape index (κ1) is 10.1. The minimum Gasteiger partial charge on any atom is -0.219 e. The molecular weight excluding hydrogens is 254 g/mol. The van der Waals surface area contributed by atoms with Gasteiger partial charge in [-0.1, -0.05) is 23.9 Å². The van der Waals surface area contributed by atoms with E-state index in [4.69, 9.17) is 0 Å². The zero-order valence-electron chi connectivity index (χ0n) is 8.31. The predicted molar refractivity (Wildman–Crippen MR) is 63.9 cm³/mol. The third-order valence-electron chi connectivity index (χ3n) is 2.17. The highest BCUT2D eigenvalue weighted by molar-refractivity contribution is 9.10. The highest BCUT2D eigenvalue weighted by atomic mass is 79.9. The quantitative estimate of drug-likeness (QED) is 0.834. The molecule has 0 unspecified atom stereocenters. The lowest BCUT2D eigenvalue weighted by Gasteiger charge is -2.05. The molecule has 0 amide bonds. The highest BCUT2D eigenvalue weighted by Gasteiger charge is 2.03. The minimum atomic E-state index is 0.731. The van der Waals surface area contributed by atoms with Crippen LogP contribution < -0.4 is 0 Å². The maximum atomic E-state index is 4.00. The van der Waals surface area contributed by atoms with Crippen LogP contribution in [0.1, 0.15) is 11.1 Å². The molecule has 1 aromatic heterocycles. The van der Waals surface area contributed by atoms with E-state index in [0.717, 1.165) is 21.4 Å². The second-order valence-corrected chi connectivity index (χ2v) is 4.05. The lowest BCUT2D eigenvalue weighted by Crippen LogP contribution is -1.97. The Bertz CT molecular complexity index is 502. The van der Waals surface area contributed by atoms with Crippen molar-refractivity contribution in [2.75, 3.05) is 0 Å². The standard InChI is InChI=1S/C11H10BrN3/c1-3-9-4-5-10(8(2)6-9)15-7-11(12)13-14-15/h3-7H,1H2,2H3. The minimum absolute atomic E-state index is 0.731. The van der Waals surface area contributed by atoms with E-state index in [0.29, 0.717) is 0 Å². The van der Waals surface area contributed by atoms with Crippen molar-refractivity contribution in [3.63, 3.8) is 0 Å². The highest BCUT2D eigenvalue weighted by Crippen LogP contribution is 2.16. The van der Waals surface area contributed by atoms with Crippen molar-refractivity contribution in [1.82, 2.24) is 15.0 Å². The van der Waals surface area contributed by atoms with Crippen LogP contribution in [-0.2, 0) is 0 Å². The van der Waals surface area contributed by atoms with Gasteiger partial charge < -0.3 is 0 Å². The van der Waals surface area contributed by atoms with Crippen LogP contribution in [0, 0.1) is 6.92 Å². The molecule has 0 N–H and O–H groups in total. The van der Waals surface area contributed by atoms with E-state index in [1.54, 1.807) is 4.68 Å². The number of aryl methyl sites for hydroxylation is 1. The van der Waals surface area contributed by atoms with Gasteiger partial charge in [0.05, 0.1) is 11.9 Å². The molecule has 2 rings (SSSR count). The Morgan fingerprint density at radius 3 is 2.80 bits per heavy atom. The number of hydrogen-bond acceptors (Lipinski definition) is 2. The summed E-state index contributed by atoms with van der Waals surface area (Å²) in [6.45, 7) is 5.78. The lowest BCUT2D eigenvalue weighted by molar-refractivity contribution is 0.797. The Balaban J connectivity index is 2.49. The van der Waals surface area contributed by atoms with Crippen molar-refractivity contribution in [2.24, 2.45) is 0 Å². The van der Waals surface area contributed by atoms with Crippen LogP contribution in [0.5, 0.6) is 0 Å². The molecule has 0 bridgehead atoms. The molecule has 2 aromatic rings. The lowest BCUT2D eigenvalue weighted by atomic mass is 10.1. The summed E-state index contributed by atoms with van der Waals surface area (Å²) in [6, 6.07) is 6.08. The number of rotatable bonds is 2. The van der Waals surface area contributed by atoms with Crippen LogP contribution in [-0.4, -0.2) is 15.0 Å². The van der Waals surface area contributed by atoms with Crippen LogP contribution in [0.2, 0.25) is 0 Å². The number of benzene rings is 1. The first-order chi connectivity index (χ1) is 7.20. The van der Waals surface area contributed by atoms with Crippen LogP contribution in [0.15, 0.2) is 35.6 Å². The van der Waals surface area contributed by atoms with Crippen molar-refractivity contribution in [3.8, 4) is 5.69 Å². The number of hydrogen-bond donors (Lipinski definition) is 0. The van der Waals surface area contributed by atoms with Gasteiger partial charge in [0, 0.05) is 0 Å². The number of nitrogens with zero attached hydrogens (tertiary/aromatic N) is 3. The summed E-state index contributed by atoms with van der Waals surface area (Å²) in [7, 11) is 0. The maximum Gasteiger partial charge on any atom is 0.148 e. The van der Waals surface area contributed by atoms with Gasteiger partial charge in [0.25, 0.3) is 0 Å². The summed E-state index contributed by atoms with van der Waals surface area (Å²) in [6.07, 6.45) is 3.66. The SMILES string of the molecule is C=Cc1ccc(-n2cc(Br)nn2)c(C)c1. The molecule has 0 saturated carbocycles. The first-order valence-electron chi connectivity index (χ1n) is 4.52. The normalized spacial score (nSPS) is 10.3. The molecular formula is C11H10BrN3. The second kappa shape index (κ2) is 3.98. The van der Waals surface area contributed by atoms with Gasteiger partial charge in [-0.15, -0.1) is 5.10 Å². The summed E-state index contributed by atoms with van der Waals surface area (Å²) < 4.78 is 2.47. The summed E-state index contributed by atoms with van der Waals surface area (Å²) >= 11 is 3.27. The van der Waals surface area contributed by atoms with Crippen molar-refractivity contribution in [3.05, 3.63) is 46.7 Å². The number of aromatic nitrogens is 3. The van der Waals surface area contributed by atoms with E-state index in [-0.39, 0.29) is 0 Å². The molecule has 4 heteroatoms. The van der Waals surface area contributed by atoms with Crippen LogP contribution >= 0.6 is 15.9 Å². The van der Waals surface area contributed by atoms with Gasteiger partial charge >= 0.3 is 0 Å². The number of halogens is 1. The predicted octanol–water partition coefficient (Wildman–Crippen LogP) is 2.98. The van der Waals surface area contributed by atoms with E-state index in [9.17, 15) is 0 Å². The fraction of sp³-hybridized carbons (Fsp3) is 0.0909. The first-order valence-corrected chi connectivity index (χ1v) is 5.31. The van der Waals surface area contributed by atoms with Crippen LogP contribution in [0.3, 0.4) is 0 Å². The van der Waals surface area contributed by atoms with Crippen molar-refractivity contribution >= 4 is 22.0 Å². The molecule has 0 aliphatic heterocycles. The van der Waals surface area contributed by atoms with Crippen molar-refractivity contribution in [2.45, 2.75) is 6.92 Å². The Hall–Kier alpha value is -1.42. The van der Waals surface area contributed by atoms with Crippen LogP contribution in [0.25, 0.3) is 11.8 Å². The molecule has 0 atom stereocenters. The third-order valence-corrected chi connectivity index (χ3v) is 2.53. The van der Waals surface area contributed by atoms with Crippen LogP contribution in [0.4, 0.5) is 0 Å². The Labute approximate surface area is 96.6 Å². The van der Waals surface area contributed by atoms with Gasteiger partial charge in [-0.3, -0.25) is 0 Å². The largest absolute Gasteiger partial charge is 0.219 e. The zero-order valence-corrected chi connectivity index (χ0v) is 9.90. The molecule has 0 spiro atoms. The van der Waals surface area contributed by atoms with Gasteiger partial charge in [-0.05, 0) is 46.1 Å². The molecule has 1 heterocycles. The Morgan fingerprint density at radius 1 is 1.47 bits per heavy atom. The molecule has 0 fully saturated rings. The maximum absolute atomic E-state index is 4.00. The molecule has 0 saturated heterocycles. The molecule has 76 valence electrons. The summed E-state index contributed by atoms with van der Waals surface area (Å²) in [5.74, 6) is 0. The van der Waals surface area contributed by atoms with E-state index >= 15 is 0 Å². The van der Waals surface area contributed by atoms with E-state index in [1.807, 2.05) is 31.3 Å². The van der Waals surface area contributed by atoms with Gasteiger partial charge in [-0.2, -0.15) is 0 Å². The smallest absolute Gasteiger partial charge is 0.148 e. The summed E-state index contributed by atoms with van der Waals surface area (Å²) in [4.78, 5) is 0. The summed E-state index contributed by atoms with van der Waals surface area (Å²) in [5, 5.41) is 7.88. The monoisotopic (exact) mass is 263 g/mol. The van der Waals surface area contributed by atoms with Crippen molar-refractivity contribution < 1.29 is 0 Å². The molecule has 0 aliphatic carbocycles. The molecule has 3 nitrogen and oxygen atoms in total. The average Bonchev–Trinajstić information content (AvgIpc) is 2.64. The third kappa shape index (κ3) is 1.99. The molecule has 0 radical (unpaired) electrons. The van der Waals surface area contributed by atoms with Gasteiger partial charge in [0.1, 0.15) is 4.60 Å². The van der Waals surface area contributed by atoms with E-state index in [1.165, 1.54) is 0 Å². The van der Waals surface area contributed by atoms with Gasteiger partial charge in [0.2, 0.25) is 0 Å². The molecule has 1 aromatic carbocycles. The molecule has 15 heavy (non-hydrogen) atoms. The fourth-order valence-electron chi connectivity index (χ4n) is 1.42. The fourth-order valence-corrected chi connectivity index (χ4v) is 1.69. The Kier molecular flexibility index (Phi) is 2.68. The topological polar surface area (TPSA) is 30.7 Å². The zero-order chi connectivity index (χ0) is 10.8. The van der Waals surface area contributed by atoms with Gasteiger partial charge in [-0.25, -0.2) is 4.68 Å². The van der Waals surface area contributed by atoms with E-state index < -0.39 is 0 Å². The summed E-state index contributed by atoms with van der Waals surface area (Å²) in [5.41, 5.74) is 3.28. The van der Waals surface area contributed by atoms with E-state index in [2.05, 4.69) is 38.9 Å². The average molecular weight is 264 g/mol. The van der Waals surface area contributed by atoms with Crippen molar-refractivity contribution in [1.29, 1.82) is 0 Å². The van der Waals surface area contributed by atoms with Gasteiger partial charge in [0.15, 0.2) is 0 Å². The Morgan fingerprint density at radius 2 is 2.27 bits per heavy atom.